The molecule has 0 rings (SSSR count). The Balaban J connectivity index is 0. The summed E-state index contributed by atoms with van der Waals surface area (Å²) in [6.45, 7) is 4.27. The first-order valence-corrected chi connectivity index (χ1v) is 4.32. The Bertz CT molecular complexity index is 215. The monoisotopic (exact) mass is 181 g/mol. The van der Waals surface area contributed by atoms with Gasteiger partial charge < -0.3 is 5.11 Å². The van der Waals surface area contributed by atoms with Crippen LogP contribution in [0.2, 0.25) is 0 Å². The maximum Gasteiger partial charge on any atom is 0.300 e. The van der Waals surface area contributed by atoms with E-state index in [1.54, 1.807) is 0 Å². The number of sulfonamides is 1. The summed E-state index contributed by atoms with van der Waals surface area (Å²) >= 11 is 0. The first-order valence-electron chi connectivity index (χ1n) is 2.60. The summed E-state index contributed by atoms with van der Waals surface area (Å²) in [4.78, 5) is 9.00. The number of carboxylic acids is 1. The third kappa shape index (κ3) is 47.5. The van der Waals surface area contributed by atoms with Crippen molar-refractivity contribution in [3.63, 3.8) is 0 Å². The molecule has 0 atom stereocenters. The predicted molar refractivity (Wildman–Crippen MR) is 41.5 cm³/mol. The van der Waals surface area contributed by atoms with E-state index in [-0.39, 0.29) is 5.75 Å². The van der Waals surface area contributed by atoms with Gasteiger partial charge in [0.15, 0.2) is 0 Å². The van der Waals surface area contributed by atoms with E-state index < -0.39 is 16.0 Å². The summed E-state index contributed by atoms with van der Waals surface area (Å²) in [5, 5.41) is 12.0. The Hall–Kier alpha value is -0.880. The van der Waals surface area contributed by atoms with E-state index in [0.29, 0.717) is 0 Å². The Morgan fingerprint density at radius 3 is 2.00 bits per heavy atom. The number of aliphatic carboxylic acids is 1. The topological polar surface area (TPSA) is 97.5 Å². The van der Waals surface area contributed by atoms with Gasteiger partial charge in [0.25, 0.3) is 5.97 Å². The normalized spacial score (nSPS) is 9.27. The molecule has 0 heterocycles. The molecule has 3 N–H and O–H groups in total. The molecule has 0 saturated carbocycles. The summed E-state index contributed by atoms with van der Waals surface area (Å²) < 4.78 is 19.9. The van der Waals surface area contributed by atoms with Crippen molar-refractivity contribution in [1.82, 2.24) is 0 Å². The molecule has 0 aromatic carbocycles. The molecule has 0 bridgehead atoms. The van der Waals surface area contributed by atoms with Gasteiger partial charge in [0.05, 0.1) is 5.75 Å². The molecule has 0 radical (unpaired) electrons. The predicted octanol–water partition coefficient (Wildman–Crippen LogP) is -0.448. The first kappa shape index (κ1) is 12.8. The van der Waals surface area contributed by atoms with Gasteiger partial charge in [-0.25, -0.2) is 13.6 Å². The zero-order chi connectivity index (χ0) is 9.49. The minimum Gasteiger partial charge on any atom is -0.481 e. The standard InChI is InChI=1S/C3H7NO2S.C2H4O2/c1-2-3-7(4,5)6;1-2(3)4/h2H,1,3H2,(H2,4,5,6);1H3,(H,3,4). The van der Waals surface area contributed by atoms with E-state index in [1.165, 1.54) is 6.08 Å². The molecule has 66 valence electrons. The van der Waals surface area contributed by atoms with E-state index in [4.69, 9.17) is 9.90 Å². The van der Waals surface area contributed by atoms with Crippen LogP contribution in [0, 0.1) is 0 Å². The minimum atomic E-state index is -3.29. The van der Waals surface area contributed by atoms with Gasteiger partial charge in [-0.1, -0.05) is 6.08 Å². The van der Waals surface area contributed by atoms with Crippen molar-refractivity contribution in [2.24, 2.45) is 5.14 Å². The van der Waals surface area contributed by atoms with Gasteiger partial charge >= 0.3 is 0 Å². The maximum atomic E-state index is 9.94. The molecule has 5 nitrogen and oxygen atoms in total. The fourth-order valence-corrected chi connectivity index (χ4v) is 0.493. The van der Waals surface area contributed by atoms with Gasteiger partial charge in [-0.15, -0.1) is 6.58 Å². The number of carbonyl (C=O) groups is 1. The Morgan fingerprint density at radius 1 is 1.73 bits per heavy atom. The zero-order valence-corrected chi connectivity index (χ0v) is 6.97. The highest BCUT2D eigenvalue weighted by Crippen LogP contribution is 1.73. The summed E-state index contributed by atoms with van der Waals surface area (Å²) in [5.74, 6) is -0.979. The number of rotatable bonds is 2. The SMILES string of the molecule is C=CCS(N)(=O)=O.CC(=O)O. The van der Waals surface area contributed by atoms with Crippen LogP contribution in [-0.4, -0.2) is 25.2 Å². The lowest BCUT2D eigenvalue weighted by molar-refractivity contribution is -0.134. The Labute approximate surface area is 65.6 Å². The third-order valence-corrected chi connectivity index (χ3v) is 1.05. The van der Waals surface area contributed by atoms with Crippen LogP contribution < -0.4 is 5.14 Å². The lowest BCUT2D eigenvalue weighted by Gasteiger charge is -1.83. The van der Waals surface area contributed by atoms with Crippen molar-refractivity contribution >= 4 is 16.0 Å². The molecular formula is C5H11NO4S. The van der Waals surface area contributed by atoms with Gasteiger partial charge in [0, 0.05) is 6.92 Å². The molecule has 0 spiro atoms. The summed E-state index contributed by atoms with van der Waals surface area (Å²) in [6, 6.07) is 0. The van der Waals surface area contributed by atoms with Crippen LogP contribution in [0.3, 0.4) is 0 Å². The van der Waals surface area contributed by atoms with Crippen LogP contribution in [0.4, 0.5) is 0 Å². The van der Waals surface area contributed by atoms with Gasteiger partial charge in [0.2, 0.25) is 10.0 Å². The number of carboxylic acid groups (broad SMARTS) is 1. The van der Waals surface area contributed by atoms with Crippen LogP contribution in [0.1, 0.15) is 6.92 Å². The average molecular weight is 181 g/mol. The lowest BCUT2D eigenvalue weighted by Crippen LogP contribution is -2.14. The van der Waals surface area contributed by atoms with Crippen molar-refractivity contribution < 1.29 is 18.3 Å². The molecule has 0 fully saturated rings. The molecule has 0 unspecified atom stereocenters. The summed E-state index contributed by atoms with van der Waals surface area (Å²) in [6.07, 6.45) is 1.25. The van der Waals surface area contributed by atoms with E-state index >= 15 is 0 Å². The molecule has 0 saturated heterocycles. The van der Waals surface area contributed by atoms with Crippen LogP contribution in [0.5, 0.6) is 0 Å². The van der Waals surface area contributed by atoms with Crippen LogP contribution in [-0.2, 0) is 14.8 Å². The second-order valence-electron chi connectivity index (χ2n) is 1.64. The van der Waals surface area contributed by atoms with Gasteiger partial charge in [-0.2, -0.15) is 0 Å². The largest absolute Gasteiger partial charge is 0.481 e. The number of hydrogen-bond donors (Lipinski definition) is 2. The molecule has 6 heteroatoms. The molecule has 0 aliphatic heterocycles. The van der Waals surface area contributed by atoms with Crippen LogP contribution in [0.25, 0.3) is 0 Å². The van der Waals surface area contributed by atoms with Crippen LogP contribution in [0.15, 0.2) is 12.7 Å². The van der Waals surface area contributed by atoms with E-state index in [1.807, 2.05) is 0 Å². The number of nitrogens with two attached hydrogens (primary N) is 1. The van der Waals surface area contributed by atoms with Crippen molar-refractivity contribution in [3.8, 4) is 0 Å². The van der Waals surface area contributed by atoms with Crippen molar-refractivity contribution in [3.05, 3.63) is 12.7 Å². The third-order valence-electron chi connectivity index (χ3n) is 0.350. The van der Waals surface area contributed by atoms with Gasteiger partial charge in [-0.05, 0) is 0 Å². The van der Waals surface area contributed by atoms with Crippen molar-refractivity contribution in [2.45, 2.75) is 6.92 Å². The minimum absolute atomic E-state index is 0.146. The van der Waals surface area contributed by atoms with Crippen LogP contribution >= 0.6 is 0 Å². The first-order chi connectivity index (χ1) is 4.79. The molecule has 0 aromatic rings. The Kier molecular flexibility index (Phi) is 6.81. The molecule has 0 aromatic heterocycles. The summed E-state index contributed by atoms with van der Waals surface area (Å²) in [5.41, 5.74) is 0. The highest BCUT2D eigenvalue weighted by molar-refractivity contribution is 7.89. The zero-order valence-electron chi connectivity index (χ0n) is 6.15. The van der Waals surface area contributed by atoms with E-state index in [9.17, 15) is 8.42 Å². The molecule has 0 amide bonds. The number of hydrogen-bond acceptors (Lipinski definition) is 3. The smallest absolute Gasteiger partial charge is 0.300 e. The molecular weight excluding hydrogens is 170 g/mol. The second kappa shape index (κ2) is 5.87. The van der Waals surface area contributed by atoms with Crippen molar-refractivity contribution in [1.29, 1.82) is 0 Å². The van der Waals surface area contributed by atoms with Gasteiger partial charge in [-0.3, -0.25) is 4.79 Å². The highest BCUT2D eigenvalue weighted by atomic mass is 32.2. The summed E-state index contributed by atoms with van der Waals surface area (Å²) in [7, 11) is -3.29. The fraction of sp³-hybridized carbons (Fsp3) is 0.400. The second-order valence-corrected chi connectivity index (χ2v) is 3.30. The maximum absolute atomic E-state index is 9.94. The Morgan fingerprint density at radius 2 is 2.00 bits per heavy atom. The molecule has 0 aliphatic carbocycles. The lowest BCUT2D eigenvalue weighted by atomic mass is 10.8. The van der Waals surface area contributed by atoms with Crippen molar-refractivity contribution in [2.75, 3.05) is 5.75 Å². The molecule has 0 aliphatic rings. The highest BCUT2D eigenvalue weighted by Gasteiger charge is 1.93. The average Bonchev–Trinajstić information content (AvgIpc) is 1.58. The van der Waals surface area contributed by atoms with Gasteiger partial charge in [0.1, 0.15) is 0 Å². The fourth-order valence-electron chi connectivity index (χ4n) is 0.164. The van der Waals surface area contributed by atoms with E-state index in [0.717, 1.165) is 6.92 Å². The number of primary sulfonamides is 1. The van der Waals surface area contributed by atoms with E-state index in [2.05, 4.69) is 11.7 Å². The molecule has 11 heavy (non-hydrogen) atoms. The quantitative estimate of drug-likeness (QED) is 0.564.